The molecule has 1 aliphatic heterocycles. The smallest absolute Gasteiger partial charge is 0.226 e. The van der Waals surface area contributed by atoms with Gasteiger partial charge in [-0.05, 0) is 50.0 Å². The van der Waals surface area contributed by atoms with Gasteiger partial charge >= 0.3 is 0 Å². The molecule has 1 N–H and O–H groups in total. The van der Waals surface area contributed by atoms with Crippen molar-refractivity contribution in [1.82, 2.24) is 10.2 Å². The van der Waals surface area contributed by atoms with Crippen LogP contribution in [0.3, 0.4) is 0 Å². The highest BCUT2D eigenvalue weighted by atomic mass is 79.9. The van der Waals surface area contributed by atoms with E-state index in [1.165, 1.54) is 0 Å². The molecule has 2 rings (SSSR count). The lowest BCUT2D eigenvalue weighted by Crippen LogP contribution is -2.38. The minimum atomic E-state index is 0. The summed E-state index contributed by atoms with van der Waals surface area (Å²) in [5.41, 5.74) is 1.08. The third kappa shape index (κ3) is 5.08. The minimum Gasteiger partial charge on any atom is -0.342 e. The van der Waals surface area contributed by atoms with Crippen molar-refractivity contribution < 1.29 is 4.79 Å². The summed E-state index contributed by atoms with van der Waals surface area (Å²) < 4.78 is 1.05. The van der Waals surface area contributed by atoms with Gasteiger partial charge in [-0.3, -0.25) is 4.79 Å². The van der Waals surface area contributed by atoms with Crippen LogP contribution in [0.25, 0.3) is 0 Å². The van der Waals surface area contributed by atoms with Crippen LogP contribution in [0.1, 0.15) is 24.8 Å². The number of rotatable bonds is 3. The van der Waals surface area contributed by atoms with Crippen molar-refractivity contribution in [2.24, 2.45) is 0 Å². The summed E-state index contributed by atoms with van der Waals surface area (Å²) in [5, 5.41) is 3.38. The van der Waals surface area contributed by atoms with Gasteiger partial charge in [0, 0.05) is 17.6 Å². The maximum atomic E-state index is 12.3. The predicted molar refractivity (Wildman–Crippen MR) is 88.4 cm³/mol. The van der Waals surface area contributed by atoms with Crippen molar-refractivity contribution >= 4 is 34.2 Å². The molecule has 1 atom stereocenters. The normalized spacial score (nSPS) is 18.8. The van der Waals surface area contributed by atoms with Crippen LogP contribution in [0, 0.1) is 0 Å². The molecule has 0 aromatic heterocycles. The average Bonchev–Trinajstić information content (AvgIpc) is 2.69. The van der Waals surface area contributed by atoms with Gasteiger partial charge in [0.05, 0.1) is 6.42 Å². The molecule has 0 saturated carbocycles. The fourth-order valence-corrected chi connectivity index (χ4v) is 2.76. The molecule has 1 saturated heterocycles. The van der Waals surface area contributed by atoms with Crippen LogP contribution in [-0.2, 0) is 11.2 Å². The van der Waals surface area contributed by atoms with E-state index in [1.807, 2.05) is 36.2 Å². The molecule has 1 aromatic carbocycles. The fourth-order valence-electron chi connectivity index (χ4n) is 2.49. The Balaban J connectivity index is 0.00000200. The Kier molecular flexibility index (Phi) is 7.56. The number of hydrogen-bond donors (Lipinski definition) is 1. The molecule has 0 radical (unpaired) electrons. The fraction of sp³-hybridized carbons (Fsp3) is 0.533. The molecule has 1 aliphatic rings. The number of amides is 1. The van der Waals surface area contributed by atoms with Crippen LogP contribution in [0.15, 0.2) is 28.7 Å². The van der Waals surface area contributed by atoms with E-state index in [1.54, 1.807) is 0 Å². The van der Waals surface area contributed by atoms with Crippen LogP contribution in [0.4, 0.5) is 0 Å². The minimum absolute atomic E-state index is 0. The Morgan fingerprint density at radius 1 is 1.30 bits per heavy atom. The zero-order valence-corrected chi connectivity index (χ0v) is 14.2. The van der Waals surface area contributed by atoms with E-state index in [-0.39, 0.29) is 18.3 Å². The number of halogens is 2. The molecule has 3 nitrogen and oxygen atoms in total. The molecule has 112 valence electrons. The standard InChI is InChI=1S/C15H21BrN2O.ClH/c1-18(14-3-2-9-17-10-8-14)15(19)11-12-4-6-13(16)7-5-12;/h4-7,14,17H,2-3,8-11H2,1H3;1H. The average molecular weight is 362 g/mol. The van der Waals surface area contributed by atoms with E-state index in [2.05, 4.69) is 21.2 Å². The molecule has 1 amide bonds. The van der Waals surface area contributed by atoms with Gasteiger partial charge in [0.2, 0.25) is 5.91 Å². The van der Waals surface area contributed by atoms with Crippen molar-refractivity contribution in [2.75, 3.05) is 20.1 Å². The summed E-state index contributed by atoms with van der Waals surface area (Å²) >= 11 is 3.41. The summed E-state index contributed by atoms with van der Waals surface area (Å²) in [5.74, 6) is 0.217. The molecule has 5 heteroatoms. The maximum absolute atomic E-state index is 12.3. The quantitative estimate of drug-likeness (QED) is 0.897. The van der Waals surface area contributed by atoms with Crippen molar-refractivity contribution in [3.05, 3.63) is 34.3 Å². The highest BCUT2D eigenvalue weighted by Gasteiger charge is 2.20. The van der Waals surface area contributed by atoms with E-state index in [0.717, 1.165) is 42.4 Å². The SMILES string of the molecule is CN(C(=O)Cc1ccc(Br)cc1)C1CCCNCC1.Cl. The first-order valence-electron chi connectivity index (χ1n) is 6.87. The van der Waals surface area contributed by atoms with Gasteiger partial charge in [-0.15, -0.1) is 12.4 Å². The second kappa shape index (κ2) is 8.65. The van der Waals surface area contributed by atoms with Crippen LogP contribution < -0.4 is 5.32 Å². The van der Waals surface area contributed by atoms with Crippen molar-refractivity contribution in [1.29, 1.82) is 0 Å². The Bertz CT molecular complexity index is 416. The zero-order chi connectivity index (χ0) is 13.7. The van der Waals surface area contributed by atoms with Crippen LogP contribution in [0.2, 0.25) is 0 Å². The summed E-state index contributed by atoms with van der Waals surface area (Å²) in [6, 6.07) is 8.36. The first kappa shape index (κ1) is 17.5. The number of carbonyl (C=O) groups is 1. The van der Waals surface area contributed by atoms with E-state index in [9.17, 15) is 4.79 Å². The van der Waals surface area contributed by atoms with Gasteiger partial charge < -0.3 is 10.2 Å². The topological polar surface area (TPSA) is 32.3 Å². The highest BCUT2D eigenvalue weighted by Crippen LogP contribution is 2.15. The predicted octanol–water partition coefficient (Wildman–Crippen LogP) is 3.01. The third-order valence-corrected chi connectivity index (χ3v) is 4.28. The number of carbonyl (C=O) groups excluding carboxylic acids is 1. The van der Waals surface area contributed by atoms with E-state index in [4.69, 9.17) is 0 Å². The molecule has 0 aliphatic carbocycles. The molecule has 0 spiro atoms. The Morgan fingerprint density at radius 2 is 2.00 bits per heavy atom. The van der Waals surface area contributed by atoms with Gasteiger partial charge in [-0.25, -0.2) is 0 Å². The number of benzene rings is 1. The monoisotopic (exact) mass is 360 g/mol. The summed E-state index contributed by atoms with van der Waals surface area (Å²) in [4.78, 5) is 14.2. The molecular formula is C15H22BrClN2O. The van der Waals surface area contributed by atoms with Gasteiger partial charge in [-0.1, -0.05) is 28.1 Å². The third-order valence-electron chi connectivity index (χ3n) is 3.75. The Labute approximate surface area is 135 Å². The number of likely N-dealkylation sites (N-methyl/N-ethyl adjacent to an activating group) is 1. The first-order chi connectivity index (χ1) is 9.16. The van der Waals surface area contributed by atoms with Crippen molar-refractivity contribution in [3.8, 4) is 0 Å². The van der Waals surface area contributed by atoms with Crippen molar-refractivity contribution in [3.63, 3.8) is 0 Å². The highest BCUT2D eigenvalue weighted by molar-refractivity contribution is 9.10. The lowest BCUT2D eigenvalue weighted by atomic mass is 10.1. The lowest BCUT2D eigenvalue weighted by Gasteiger charge is -2.27. The van der Waals surface area contributed by atoms with Gasteiger partial charge in [-0.2, -0.15) is 0 Å². The molecule has 20 heavy (non-hydrogen) atoms. The van der Waals surface area contributed by atoms with E-state index >= 15 is 0 Å². The summed E-state index contributed by atoms with van der Waals surface area (Å²) in [7, 11) is 1.94. The van der Waals surface area contributed by atoms with E-state index < -0.39 is 0 Å². The van der Waals surface area contributed by atoms with Gasteiger partial charge in [0.1, 0.15) is 0 Å². The Hall–Kier alpha value is -0.580. The number of hydrogen-bond acceptors (Lipinski definition) is 2. The van der Waals surface area contributed by atoms with Crippen LogP contribution in [0.5, 0.6) is 0 Å². The number of nitrogens with zero attached hydrogens (tertiary/aromatic N) is 1. The van der Waals surface area contributed by atoms with Crippen LogP contribution in [-0.4, -0.2) is 37.0 Å². The molecular weight excluding hydrogens is 340 g/mol. The lowest BCUT2D eigenvalue weighted by molar-refractivity contribution is -0.131. The van der Waals surface area contributed by atoms with E-state index in [0.29, 0.717) is 12.5 Å². The number of nitrogens with one attached hydrogen (secondary N) is 1. The van der Waals surface area contributed by atoms with Gasteiger partial charge in [0.25, 0.3) is 0 Å². The molecule has 0 bridgehead atoms. The molecule has 1 fully saturated rings. The largest absolute Gasteiger partial charge is 0.342 e. The molecule has 1 aromatic rings. The Morgan fingerprint density at radius 3 is 2.70 bits per heavy atom. The van der Waals surface area contributed by atoms with Crippen molar-refractivity contribution in [2.45, 2.75) is 31.7 Å². The molecule has 1 heterocycles. The summed E-state index contributed by atoms with van der Waals surface area (Å²) in [6.45, 7) is 2.09. The molecule has 1 unspecified atom stereocenters. The summed E-state index contributed by atoms with van der Waals surface area (Å²) in [6.07, 6.45) is 3.81. The second-order valence-electron chi connectivity index (χ2n) is 5.14. The van der Waals surface area contributed by atoms with Gasteiger partial charge in [0.15, 0.2) is 0 Å². The van der Waals surface area contributed by atoms with Crippen LogP contribution >= 0.6 is 28.3 Å². The zero-order valence-electron chi connectivity index (χ0n) is 11.8. The first-order valence-corrected chi connectivity index (χ1v) is 7.67. The second-order valence-corrected chi connectivity index (χ2v) is 6.06. The maximum Gasteiger partial charge on any atom is 0.226 e.